The average Bonchev–Trinajstić information content (AvgIpc) is 3.65. The third kappa shape index (κ3) is 4.38. The summed E-state index contributed by atoms with van der Waals surface area (Å²) in [7, 11) is 1.47. The first kappa shape index (κ1) is 24.9. The molecule has 0 unspecified atom stereocenters. The maximum atomic E-state index is 13.7. The highest BCUT2D eigenvalue weighted by Gasteiger charge is 2.56. The number of hydrazone groups is 1. The van der Waals surface area contributed by atoms with Crippen molar-refractivity contribution in [1.29, 1.82) is 0 Å². The van der Waals surface area contributed by atoms with Crippen molar-refractivity contribution in [1.82, 2.24) is 10.0 Å². The minimum absolute atomic E-state index is 0.260. The monoisotopic (exact) mass is 586 g/mol. The number of ether oxygens (including phenoxy) is 1. The number of para-hydroxylation sites is 2. The van der Waals surface area contributed by atoms with Gasteiger partial charge in [0, 0.05) is 10.9 Å². The van der Waals surface area contributed by atoms with Gasteiger partial charge < -0.3 is 4.74 Å². The molecule has 0 radical (unpaired) electrons. The Hall–Kier alpha value is -4.38. The Bertz CT molecular complexity index is 1510. The number of nitrogens with zero attached hydrogens (tertiary/aromatic N) is 6. The maximum absolute atomic E-state index is 13.7. The number of benzene rings is 3. The Morgan fingerprint density at radius 2 is 1.69 bits per heavy atom. The number of carbonyl (C=O) groups excluding carboxylic acids is 3. The van der Waals surface area contributed by atoms with E-state index in [9.17, 15) is 14.4 Å². The van der Waals surface area contributed by atoms with E-state index in [-0.39, 0.29) is 18.5 Å². The Balaban J connectivity index is 1.26. The van der Waals surface area contributed by atoms with E-state index < -0.39 is 23.9 Å². The lowest BCUT2D eigenvalue weighted by molar-refractivity contribution is -0.135. The van der Waals surface area contributed by atoms with Gasteiger partial charge in [0.25, 0.3) is 17.7 Å². The van der Waals surface area contributed by atoms with Crippen LogP contribution in [0.4, 0.5) is 5.69 Å². The van der Waals surface area contributed by atoms with Crippen LogP contribution in [0.25, 0.3) is 0 Å². The number of hydrogen-bond donors (Lipinski definition) is 0. The molecule has 3 aliphatic rings. The smallest absolute Gasteiger partial charge is 0.264 e. The molecule has 3 amide bonds. The fourth-order valence-corrected chi connectivity index (χ4v) is 5.37. The van der Waals surface area contributed by atoms with Crippen LogP contribution in [-0.2, 0) is 14.4 Å². The summed E-state index contributed by atoms with van der Waals surface area (Å²) in [5.41, 5.74) is 2.97. The van der Waals surface area contributed by atoms with Gasteiger partial charge in [-0.05, 0) is 35.4 Å². The van der Waals surface area contributed by atoms with Crippen molar-refractivity contribution in [3.8, 4) is 5.75 Å². The molecule has 0 spiro atoms. The molecule has 3 atom stereocenters. The number of carbonyl (C=O) groups is 3. The van der Waals surface area contributed by atoms with E-state index in [0.717, 1.165) is 26.2 Å². The summed E-state index contributed by atoms with van der Waals surface area (Å²) in [6.45, 7) is -0.260. The number of anilines is 1. The van der Waals surface area contributed by atoms with Crippen LogP contribution in [0.1, 0.15) is 23.6 Å². The van der Waals surface area contributed by atoms with Crippen molar-refractivity contribution in [3.63, 3.8) is 0 Å². The molecule has 6 rings (SSSR count). The molecule has 0 N–H and O–H groups in total. The van der Waals surface area contributed by atoms with Crippen LogP contribution < -0.4 is 9.64 Å². The molecule has 3 aliphatic heterocycles. The van der Waals surface area contributed by atoms with Gasteiger partial charge in [-0.3, -0.25) is 19.4 Å². The third-order valence-electron chi connectivity index (χ3n) is 7.01. The van der Waals surface area contributed by atoms with Gasteiger partial charge >= 0.3 is 0 Å². The number of amides is 3. The van der Waals surface area contributed by atoms with Gasteiger partial charge in [0.05, 0.1) is 24.6 Å². The summed E-state index contributed by atoms with van der Waals surface area (Å²) in [6.07, 6.45) is 0.532. The first-order valence-corrected chi connectivity index (χ1v) is 13.1. The third-order valence-corrected chi connectivity index (χ3v) is 7.54. The van der Waals surface area contributed by atoms with E-state index in [1.165, 1.54) is 17.1 Å². The molecule has 39 heavy (non-hydrogen) atoms. The Morgan fingerprint density at radius 1 is 0.974 bits per heavy atom. The van der Waals surface area contributed by atoms with E-state index in [4.69, 9.17) is 9.84 Å². The van der Waals surface area contributed by atoms with Crippen LogP contribution in [-0.4, -0.2) is 59.2 Å². The number of halogens is 1. The van der Waals surface area contributed by atoms with Crippen molar-refractivity contribution < 1.29 is 19.1 Å². The van der Waals surface area contributed by atoms with Crippen LogP contribution in [0.5, 0.6) is 5.75 Å². The molecule has 11 heteroatoms. The van der Waals surface area contributed by atoms with Gasteiger partial charge in [-0.25, -0.2) is 9.91 Å². The summed E-state index contributed by atoms with van der Waals surface area (Å²) in [4.78, 5) is 41.4. The zero-order valence-electron chi connectivity index (χ0n) is 20.8. The predicted molar refractivity (Wildman–Crippen MR) is 146 cm³/mol. The van der Waals surface area contributed by atoms with Gasteiger partial charge in [-0.2, -0.15) is 10.2 Å². The van der Waals surface area contributed by atoms with Crippen LogP contribution in [0.3, 0.4) is 0 Å². The quantitative estimate of drug-likeness (QED) is 0.404. The number of rotatable bonds is 6. The molecule has 10 nitrogen and oxygen atoms in total. The summed E-state index contributed by atoms with van der Waals surface area (Å²) >= 11 is 3.45. The summed E-state index contributed by atoms with van der Waals surface area (Å²) in [5, 5.41) is 15.5. The molecule has 3 aromatic rings. The second-order valence-electron chi connectivity index (χ2n) is 9.30. The maximum Gasteiger partial charge on any atom is 0.264 e. The summed E-state index contributed by atoms with van der Waals surface area (Å²) in [5.74, 6) is -0.984. The molecule has 0 saturated carbocycles. The van der Waals surface area contributed by atoms with Gasteiger partial charge in [0.2, 0.25) is 0 Å². The van der Waals surface area contributed by atoms with Crippen molar-refractivity contribution in [2.24, 2.45) is 15.4 Å². The lowest BCUT2D eigenvalue weighted by Gasteiger charge is -2.25. The van der Waals surface area contributed by atoms with E-state index in [1.807, 2.05) is 54.6 Å². The average molecular weight is 587 g/mol. The largest absolute Gasteiger partial charge is 0.495 e. The predicted octanol–water partition coefficient (Wildman–Crippen LogP) is 4.13. The fraction of sp³-hybridized carbons (Fsp3) is 0.214. The minimum Gasteiger partial charge on any atom is -0.495 e. The van der Waals surface area contributed by atoms with Gasteiger partial charge in [0.1, 0.15) is 12.3 Å². The van der Waals surface area contributed by atoms with Gasteiger partial charge in [0.15, 0.2) is 12.1 Å². The normalized spacial score (nSPS) is 21.9. The van der Waals surface area contributed by atoms with Crippen LogP contribution in [0, 0.1) is 0 Å². The molecule has 3 heterocycles. The number of imide groups is 1. The molecular formula is C28H23BrN6O4. The highest BCUT2D eigenvalue weighted by molar-refractivity contribution is 9.10. The SMILES string of the molecule is COc1ccccc1N1C(=O)[C@H]2N=NN(CC(=O)N3N=C(c4ccc(Br)cc4)C[C@H]3c3ccccc3)[C@@H]2C1=O. The van der Waals surface area contributed by atoms with Crippen molar-refractivity contribution in [3.05, 3.63) is 94.5 Å². The van der Waals surface area contributed by atoms with E-state index in [0.29, 0.717) is 17.9 Å². The Labute approximate surface area is 232 Å². The summed E-state index contributed by atoms with van der Waals surface area (Å²) in [6, 6.07) is 21.9. The molecular weight excluding hydrogens is 564 g/mol. The highest BCUT2D eigenvalue weighted by Crippen LogP contribution is 2.37. The van der Waals surface area contributed by atoms with Crippen molar-refractivity contribution >= 4 is 45.1 Å². The molecule has 0 aromatic heterocycles. The van der Waals surface area contributed by atoms with Crippen LogP contribution >= 0.6 is 15.9 Å². The van der Waals surface area contributed by atoms with E-state index in [1.54, 1.807) is 24.3 Å². The lowest BCUT2D eigenvalue weighted by Crippen LogP contribution is -2.44. The second kappa shape index (κ2) is 10.1. The number of hydrogen-bond acceptors (Lipinski definition) is 8. The molecule has 1 fully saturated rings. The zero-order valence-corrected chi connectivity index (χ0v) is 22.4. The van der Waals surface area contributed by atoms with Crippen LogP contribution in [0.2, 0.25) is 0 Å². The fourth-order valence-electron chi connectivity index (χ4n) is 5.11. The van der Waals surface area contributed by atoms with Crippen molar-refractivity contribution in [2.45, 2.75) is 24.5 Å². The summed E-state index contributed by atoms with van der Waals surface area (Å²) < 4.78 is 6.30. The van der Waals surface area contributed by atoms with E-state index in [2.05, 4.69) is 26.3 Å². The lowest BCUT2D eigenvalue weighted by atomic mass is 9.98. The molecule has 0 aliphatic carbocycles. The van der Waals surface area contributed by atoms with Crippen molar-refractivity contribution in [2.75, 3.05) is 18.6 Å². The first-order chi connectivity index (χ1) is 19.0. The van der Waals surface area contributed by atoms with E-state index >= 15 is 0 Å². The van der Waals surface area contributed by atoms with Crippen LogP contribution in [0.15, 0.2) is 98.8 Å². The molecule has 196 valence electrons. The molecule has 1 saturated heterocycles. The Morgan fingerprint density at radius 3 is 2.44 bits per heavy atom. The first-order valence-electron chi connectivity index (χ1n) is 12.3. The van der Waals surface area contributed by atoms with Gasteiger partial charge in [-0.1, -0.05) is 75.8 Å². The standard InChI is InChI=1S/C28H23BrN6O4/c1-39-23-10-6-5-9-21(23)34-27(37)25-26(28(34)38)33(32-30-25)16-24(36)35-22(18-7-3-2-4-8-18)15-20(31-35)17-11-13-19(29)14-12-17/h2-14,22,25-26H,15-16H2,1H3/t22-,25-,26-/m0/s1. The minimum atomic E-state index is -1.03. The number of fused-ring (bicyclic) bond motifs is 1. The van der Waals surface area contributed by atoms with Gasteiger partial charge in [-0.15, -0.1) is 0 Å². The number of methoxy groups -OCH3 is 1. The second-order valence-corrected chi connectivity index (χ2v) is 10.2. The molecule has 0 bridgehead atoms. The highest BCUT2D eigenvalue weighted by atomic mass is 79.9. The topological polar surface area (TPSA) is 107 Å². The Kier molecular flexibility index (Phi) is 6.43. The zero-order chi connectivity index (χ0) is 27.1. The molecule has 3 aromatic carbocycles.